The van der Waals surface area contributed by atoms with Crippen LogP contribution in [0.2, 0.25) is 0 Å². The fourth-order valence-electron chi connectivity index (χ4n) is 4.07. The van der Waals surface area contributed by atoms with Gasteiger partial charge in [0.25, 0.3) is 5.91 Å². The molecule has 9 heteroatoms. The normalized spacial score (nSPS) is 16.7. The van der Waals surface area contributed by atoms with Gasteiger partial charge in [-0.15, -0.1) is 0 Å². The number of thiophene rings is 1. The van der Waals surface area contributed by atoms with E-state index in [1.165, 1.54) is 18.3 Å². The lowest BCUT2D eigenvalue weighted by molar-refractivity contribution is -0.141. The van der Waals surface area contributed by atoms with Gasteiger partial charge in [-0.2, -0.15) is 11.3 Å². The van der Waals surface area contributed by atoms with Gasteiger partial charge in [0.05, 0.1) is 0 Å². The van der Waals surface area contributed by atoms with E-state index in [9.17, 15) is 14.4 Å². The summed E-state index contributed by atoms with van der Waals surface area (Å²) in [7, 11) is 0. The Bertz CT molecular complexity index is 1150. The summed E-state index contributed by atoms with van der Waals surface area (Å²) in [5.74, 6) is -0.276. The molecule has 4 N–H and O–H groups in total. The van der Waals surface area contributed by atoms with Crippen molar-refractivity contribution < 1.29 is 14.4 Å². The summed E-state index contributed by atoms with van der Waals surface area (Å²) >= 11 is 1.46. The van der Waals surface area contributed by atoms with Gasteiger partial charge in [-0.1, -0.05) is 12.1 Å². The van der Waals surface area contributed by atoms with Gasteiger partial charge in [0.1, 0.15) is 17.9 Å². The number of nitrogens with two attached hydrogens (primary N) is 1. The van der Waals surface area contributed by atoms with Crippen LogP contribution in [0.15, 0.2) is 47.3 Å². The quantitative estimate of drug-likeness (QED) is 0.532. The fourth-order valence-corrected chi connectivity index (χ4v) is 4.75. The third-order valence-corrected chi connectivity index (χ3v) is 6.34. The summed E-state index contributed by atoms with van der Waals surface area (Å²) in [5, 5.41) is 11.2. The van der Waals surface area contributed by atoms with Crippen molar-refractivity contribution in [2.45, 2.75) is 38.4 Å². The minimum Gasteiger partial charge on any atom is -0.383 e. The van der Waals surface area contributed by atoms with Crippen molar-refractivity contribution in [1.82, 2.24) is 20.5 Å². The molecule has 1 aromatic carbocycles. The molecule has 0 spiro atoms. The Morgan fingerprint density at radius 3 is 2.88 bits per heavy atom. The molecule has 32 heavy (non-hydrogen) atoms. The topological polar surface area (TPSA) is 117 Å². The lowest BCUT2D eigenvalue weighted by Gasteiger charge is -2.28. The van der Waals surface area contributed by atoms with E-state index < -0.39 is 12.1 Å². The molecule has 2 atom stereocenters. The van der Waals surface area contributed by atoms with E-state index in [1.807, 2.05) is 41.1 Å². The summed E-state index contributed by atoms with van der Waals surface area (Å²) in [4.78, 5) is 43.6. The highest BCUT2D eigenvalue weighted by molar-refractivity contribution is 7.08. The number of hydrogen-bond acceptors (Lipinski definition) is 6. The molecular formula is C23H25N5O3S. The molecule has 0 radical (unpaired) electrons. The van der Waals surface area contributed by atoms with Gasteiger partial charge in [-0.25, -0.2) is 4.98 Å². The van der Waals surface area contributed by atoms with Crippen LogP contribution >= 0.6 is 11.3 Å². The molecule has 1 aliphatic rings. The second kappa shape index (κ2) is 9.35. The van der Waals surface area contributed by atoms with Gasteiger partial charge < -0.3 is 21.3 Å². The van der Waals surface area contributed by atoms with Crippen LogP contribution in [0.4, 0.5) is 5.82 Å². The molecule has 1 unspecified atom stereocenters. The highest BCUT2D eigenvalue weighted by Gasteiger charge is 2.38. The number of hydrogen-bond donors (Lipinski definition) is 3. The average Bonchev–Trinajstić information content (AvgIpc) is 3.47. The molecular weight excluding hydrogens is 426 g/mol. The van der Waals surface area contributed by atoms with E-state index in [0.717, 1.165) is 28.3 Å². The maximum Gasteiger partial charge on any atom is 0.250 e. The van der Waals surface area contributed by atoms with E-state index in [4.69, 9.17) is 5.73 Å². The monoisotopic (exact) mass is 451 g/mol. The molecule has 1 saturated heterocycles. The first-order valence-electron chi connectivity index (χ1n) is 10.4. The Morgan fingerprint density at radius 2 is 2.12 bits per heavy atom. The summed E-state index contributed by atoms with van der Waals surface area (Å²) in [6.07, 6.45) is 2.98. The largest absolute Gasteiger partial charge is 0.383 e. The van der Waals surface area contributed by atoms with Crippen LogP contribution in [0.3, 0.4) is 0 Å². The van der Waals surface area contributed by atoms with Gasteiger partial charge in [-0.05, 0) is 58.3 Å². The van der Waals surface area contributed by atoms with Crippen molar-refractivity contribution >= 4 is 45.6 Å². The van der Waals surface area contributed by atoms with Gasteiger partial charge in [0, 0.05) is 31.6 Å². The second-order valence-corrected chi connectivity index (χ2v) is 8.63. The minimum absolute atomic E-state index is 0.197. The molecule has 0 aliphatic carbocycles. The Kier molecular flexibility index (Phi) is 6.36. The minimum atomic E-state index is -0.785. The lowest BCUT2D eigenvalue weighted by Crippen LogP contribution is -2.49. The van der Waals surface area contributed by atoms with Crippen LogP contribution in [-0.2, 0) is 20.9 Å². The predicted octanol–water partition coefficient (Wildman–Crippen LogP) is 2.36. The zero-order valence-corrected chi connectivity index (χ0v) is 18.5. The first kappa shape index (κ1) is 21.8. The number of pyridine rings is 1. The summed E-state index contributed by atoms with van der Waals surface area (Å²) in [5.41, 5.74) is 7.56. The number of benzene rings is 1. The standard InChI is InChI=1S/C23H25N5O3S/c1-14(29)27-20(17-7-10-32-13-17)23(31)28-9-2-3-19(28)22(30)26-12-15-4-5-18-16(11-15)6-8-25-21(18)24/h4-8,10-11,13,19-20H,2-3,9,12H2,1H3,(H2,24,25)(H,26,30)(H,27,29)/t19-,20?/m0/s1. The van der Waals surface area contributed by atoms with Crippen LogP contribution in [0.5, 0.6) is 0 Å². The third-order valence-electron chi connectivity index (χ3n) is 5.64. The van der Waals surface area contributed by atoms with Gasteiger partial charge in [0.15, 0.2) is 0 Å². The molecule has 166 valence electrons. The van der Waals surface area contributed by atoms with Crippen molar-refractivity contribution in [2.75, 3.05) is 12.3 Å². The molecule has 2 aromatic heterocycles. The number of likely N-dealkylation sites (tertiary alicyclic amines) is 1. The lowest BCUT2D eigenvalue weighted by atomic mass is 10.1. The number of carbonyl (C=O) groups is 3. The first-order valence-corrected chi connectivity index (χ1v) is 11.4. The number of nitrogens with one attached hydrogen (secondary N) is 2. The van der Waals surface area contributed by atoms with Crippen LogP contribution in [0, 0.1) is 0 Å². The highest BCUT2D eigenvalue weighted by Crippen LogP contribution is 2.25. The SMILES string of the molecule is CC(=O)NC(C(=O)N1CCC[C@H]1C(=O)NCc1ccc2c(N)nccc2c1)c1ccsc1. The molecule has 3 aromatic rings. The van der Waals surface area contributed by atoms with Crippen molar-refractivity contribution in [1.29, 1.82) is 0 Å². The molecule has 3 amide bonds. The maximum absolute atomic E-state index is 13.3. The van der Waals surface area contributed by atoms with Crippen molar-refractivity contribution in [3.8, 4) is 0 Å². The summed E-state index contributed by atoms with van der Waals surface area (Å²) in [6, 6.07) is 8.11. The Balaban J connectivity index is 1.45. The van der Waals surface area contributed by atoms with Crippen LogP contribution < -0.4 is 16.4 Å². The number of amides is 3. The molecule has 0 saturated carbocycles. The van der Waals surface area contributed by atoms with E-state index in [-0.39, 0.29) is 17.7 Å². The summed E-state index contributed by atoms with van der Waals surface area (Å²) in [6.45, 7) is 2.21. The van der Waals surface area contributed by atoms with Crippen LogP contribution in [0.25, 0.3) is 10.8 Å². The number of anilines is 1. The van der Waals surface area contributed by atoms with Crippen molar-refractivity contribution in [3.05, 3.63) is 58.4 Å². The number of nitrogens with zero attached hydrogens (tertiary/aromatic N) is 2. The number of carbonyl (C=O) groups excluding carboxylic acids is 3. The van der Waals surface area contributed by atoms with Crippen LogP contribution in [0.1, 0.15) is 36.9 Å². The number of aromatic nitrogens is 1. The van der Waals surface area contributed by atoms with E-state index in [0.29, 0.717) is 25.3 Å². The van der Waals surface area contributed by atoms with E-state index in [1.54, 1.807) is 11.1 Å². The zero-order valence-electron chi connectivity index (χ0n) is 17.7. The molecule has 4 rings (SSSR count). The van der Waals surface area contributed by atoms with Gasteiger partial charge in [-0.3, -0.25) is 14.4 Å². The Hall–Kier alpha value is -3.46. The highest BCUT2D eigenvalue weighted by atomic mass is 32.1. The predicted molar refractivity (Wildman–Crippen MR) is 124 cm³/mol. The fraction of sp³-hybridized carbons (Fsp3) is 0.304. The van der Waals surface area contributed by atoms with Crippen LogP contribution in [-0.4, -0.2) is 40.2 Å². The summed E-state index contributed by atoms with van der Waals surface area (Å²) < 4.78 is 0. The molecule has 1 fully saturated rings. The Morgan fingerprint density at radius 1 is 1.28 bits per heavy atom. The first-order chi connectivity index (χ1) is 15.4. The number of rotatable bonds is 6. The van der Waals surface area contributed by atoms with E-state index in [2.05, 4.69) is 15.6 Å². The third kappa shape index (κ3) is 4.57. The second-order valence-electron chi connectivity index (χ2n) is 7.85. The van der Waals surface area contributed by atoms with Gasteiger partial charge in [0.2, 0.25) is 11.8 Å². The smallest absolute Gasteiger partial charge is 0.250 e. The van der Waals surface area contributed by atoms with E-state index >= 15 is 0 Å². The molecule has 0 bridgehead atoms. The number of fused-ring (bicyclic) bond motifs is 1. The molecule has 3 heterocycles. The molecule has 1 aliphatic heterocycles. The van der Waals surface area contributed by atoms with Crippen molar-refractivity contribution in [2.24, 2.45) is 0 Å². The maximum atomic E-state index is 13.3. The van der Waals surface area contributed by atoms with Crippen molar-refractivity contribution in [3.63, 3.8) is 0 Å². The Labute approximate surface area is 189 Å². The average molecular weight is 452 g/mol. The molecule has 8 nitrogen and oxygen atoms in total. The number of nitrogen functional groups attached to an aromatic ring is 1. The zero-order chi connectivity index (χ0) is 22.7. The van der Waals surface area contributed by atoms with Gasteiger partial charge >= 0.3 is 0 Å².